The highest BCUT2D eigenvalue weighted by Gasteiger charge is 2.41. The van der Waals surface area contributed by atoms with Crippen LogP contribution in [0.15, 0.2) is 20.7 Å². The van der Waals surface area contributed by atoms with Crippen molar-refractivity contribution in [3.8, 4) is 11.4 Å². The number of alkyl halides is 3. The zero-order chi connectivity index (χ0) is 19.8. The smallest absolute Gasteiger partial charge is 0.329 e. The maximum absolute atomic E-state index is 13.3. The maximum Gasteiger partial charge on any atom is 0.471 e. The van der Waals surface area contributed by atoms with Crippen molar-refractivity contribution in [2.24, 2.45) is 0 Å². The van der Waals surface area contributed by atoms with Crippen molar-refractivity contribution >= 4 is 21.8 Å². The normalized spacial score (nSPS) is 23.9. The highest BCUT2D eigenvalue weighted by atomic mass is 32.2. The van der Waals surface area contributed by atoms with Gasteiger partial charge in [0.2, 0.25) is 11.0 Å². The largest absolute Gasteiger partial charge is 0.471 e. The molecule has 3 aromatic heterocycles. The highest BCUT2D eigenvalue weighted by molar-refractivity contribution is 7.85. The summed E-state index contributed by atoms with van der Waals surface area (Å²) >= 11 is 0. The van der Waals surface area contributed by atoms with E-state index in [0.29, 0.717) is 29.4 Å². The molecule has 2 bridgehead atoms. The number of nitrogens with zero attached hydrogens (tertiary/aromatic N) is 5. The van der Waals surface area contributed by atoms with Crippen molar-refractivity contribution in [2.45, 2.75) is 48.8 Å². The van der Waals surface area contributed by atoms with E-state index in [9.17, 15) is 22.2 Å². The predicted octanol–water partition coefficient (Wildman–Crippen LogP) is 2.38. The number of pyridine rings is 1. The van der Waals surface area contributed by atoms with Gasteiger partial charge in [0.05, 0.1) is 27.7 Å². The molecule has 0 N–H and O–H groups in total. The van der Waals surface area contributed by atoms with Gasteiger partial charge >= 0.3 is 12.1 Å². The Morgan fingerprint density at radius 2 is 2.07 bits per heavy atom. The van der Waals surface area contributed by atoms with Gasteiger partial charge in [-0.05, 0) is 25.3 Å². The summed E-state index contributed by atoms with van der Waals surface area (Å²) < 4.78 is 57.1. The summed E-state index contributed by atoms with van der Waals surface area (Å²) in [5, 5.41) is 3.69. The molecule has 0 radical (unpaired) electrons. The van der Waals surface area contributed by atoms with E-state index in [2.05, 4.69) is 24.6 Å². The van der Waals surface area contributed by atoms with Gasteiger partial charge < -0.3 is 4.52 Å². The average Bonchev–Trinajstić information content (AvgIpc) is 3.29. The van der Waals surface area contributed by atoms with E-state index in [1.54, 1.807) is 6.92 Å². The molecule has 2 aliphatic rings. The molecule has 8 nitrogen and oxygen atoms in total. The van der Waals surface area contributed by atoms with Gasteiger partial charge in [0, 0.05) is 11.6 Å². The SMILES string of the molecule is Cc1c(-c2noc(C(F)(F)F)n2)c(=O)n2c3nc(ncc13)S(=O)C1CCCC12. The lowest BCUT2D eigenvalue weighted by Gasteiger charge is -2.20. The summed E-state index contributed by atoms with van der Waals surface area (Å²) in [6.07, 6.45) is -1.33. The Hall–Kier alpha value is -2.63. The minimum Gasteiger partial charge on any atom is -0.329 e. The van der Waals surface area contributed by atoms with Crippen LogP contribution >= 0.6 is 0 Å². The number of rotatable bonds is 1. The van der Waals surface area contributed by atoms with Gasteiger partial charge in [-0.15, -0.1) is 0 Å². The Morgan fingerprint density at radius 3 is 2.79 bits per heavy atom. The van der Waals surface area contributed by atoms with E-state index in [1.807, 2.05) is 0 Å². The first-order valence-corrected chi connectivity index (χ1v) is 9.72. The molecule has 0 aromatic carbocycles. The number of hydrogen-bond acceptors (Lipinski definition) is 7. The van der Waals surface area contributed by atoms with Crippen molar-refractivity contribution < 1.29 is 21.9 Å². The summed E-state index contributed by atoms with van der Waals surface area (Å²) in [5.41, 5.74) is 0.0134. The molecular formula is C16H12F3N5O3S. The van der Waals surface area contributed by atoms with Gasteiger partial charge in [0.15, 0.2) is 0 Å². The second-order valence-corrected chi connectivity index (χ2v) is 8.39. The molecule has 3 unspecified atom stereocenters. The number of aryl methyl sites for hydroxylation is 1. The lowest BCUT2D eigenvalue weighted by Crippen LogP contribution is -2.32. The van der Waals surface area contributed by atoms with E-state index in [-0.39, 0.29) is 22.0 Å². The first kappa shape index (κ1) is 17.5. The van der Waals surface area contributed by atoms with Gasteiger partial charge in [-0.3, -0.25) is 13.6 Å². The van der Waals surface area contributed by atoms with Crippen LogP contribution < -0.4 is 5.56 Å². The molecule has 0 amide bonds. The van der Waals surface area contributed by atoms with Gasteiger partial charge in [-0.25, -0.2) is 9.97 Å². The summed E-state index contributed by atoms with van der Waals surface area (Å²) in [6.45, 7) is 1.57. The molecule has 5 rings (SSSR count). The standard InChI is InChI=1S/C16H12F3N5O3S/c1-6-7-5-20-15-22-12(7)24(8-3-2-4-9(8)28(15)26)13(25)10(6)11-21-14(27-23-11)16(17,18)19/h5,8-9H,2-4H2,1H3. The summed E-state index contributed by atoms with van der Waals surface area (Å²) in [7, 11) is -1.46. The fourth-order valence-electron chi connectivity index (χ4n) is 4.01. The topological polar surface area (TPSA) is 104 Å². The Bertz CT molecular complexity index is 1220. The monoisotopic (exact) mass is 411 g/mol. The predicted molar refractivity (Wildman–Crippen MR) is 89.9 cm³/mol. The molecule has 146 valence electrons. The number of aromatic nitrogens is 5. The van der Waals surface area contributed by atoms with Crippen LogP contribution in [0.2, 0.25) is 0 Å². The fraction of sp³-hybridized carbons (Fsp3) is 0.438. The first-order valence-electron chi connectivity index (χ1n) is 8.51. The summed E-state index contributed by atoms with van der Waals surface area (Å²) in [5.74, 6) is -1.96. The lowest BCUT2D eigenvalue weighted by atomic mass is 10.1. The Morgan fingerprint density at radius 1 is 1.29 bits per heavy atom. The molecule has 0 spiro atoms. The number of hydrogen-bond donors (Lipinski definition) is 0. The molecule has 4 heterocycles. The van der Waals surface area contributed by atoms with Crippen molar-refractivity contribution in [1.82, 2.24) is 24.7 Å². The van der Waals surface area contributed by atoms with Crippen molar-refractivity contribution in [3.05, 3.63) is 28.0 Å². The van der Waals surface area contributed by atoms with Gasteiger partial charge in [0.1, 0.15) is 5.65 Å². The Kier molecular flexibility index (Phi) is 3.55. The zero-order valence-electron chi connectivity index (χ0n) is 14.4. The Labute approximate surface area is 157 Å². The van der Waals surface area contributed by atoms with Crippen LogP contribution in [0.5, 0.6) is 0 Å². The van der Waals surface area contributed by atoms with Crippen LogP contribution in [0.1, 0.15) is 36.8 Å². The van der Waals surface area contributed by atoms with Crippen molar-refractivity contribution in [3.63, 3.8) is 0 Å². The van der Waals surface area contributed by atoms with E-state index in [4.69, 9.17) is 0 Å². The van der Waals surface area contributed by atoms with Crippen LogP contribution in [0.25, 0.3) is 22.4 Å². The third kappa shape index (κ3) is 2.30. The fourth-order valence-corrected chi connectivity index (χ4v) is 5.54. The molecule has 3 atom stereocenters. The molecule has 1 aliphatic carbocycles. The maximum atomic E-state index is 13.3. The summed E-state index contributed by atoms with van der Waals surface area (Å²) in [6, 6.07) is -0.377. The first-order chi connectivity index (χ1) is 13.3. The van der Waals surface area contributed by atoms with E-state index in [0.717, 1.165) is 6.42 Å². The number of halogens is 3. The second kappa shape index (κ2) is 5.69. The van der Waals surface area contributed by atoms with Gasteiger partial charge in [-0.1, -0.05) is 11.6 Å². The van der Waals surface area contributed by atoms with Crippen LogP contribution in [0.4, 0.5) is 13.2 Å². The average molecular weight is 411 g/mol. The molecule has 1 saturated carbocycles. The van der Waals surface area contributed by atoms with Gasteiger partial charge in [-0.2, -0.15) is 18.2 Å². The molecule has 28 heavy (non-hydrogen) atoms. The van der Waals surface area contributed by atoms with Crippen molar-refractivity contribution in [1.29, 1.82) is 0 Å². The quantitative estimate of drug-likeness (QED) is 0.566. The van der Waals surface area contributed by atoms with Crippen LogP contribution in [-0.4, -0.2) is 34.1 Å². The molecule has 3 aromatic rings. The van der Waals surface area contributed by atoms with Crippen LogP contribution in [-0.2, 0) is 17.0 Å². The van der Waals surface area contributed by atoms with Crippen molar-refractivity contribution in [2.75, 3.05) is 0 Å². The third-order valence-corrected chi connectivity index (χ3v) is 6.94. The second-order valence-electron chi connectivity index (χ2n) is 6.82. The summed E-state index contributed by atoms with van der Waals surface area (Å²) in [4.78, 5) is 25.2. The van der Waals surface area contributed by atoms with Gasteiger partial charge in [0.25, 0.3) is 5.56 Å². The number of fused-ring (bicyclic) bond motifs is 3. The van der Waals surface area contributed by atoms with Crippen LogP contribution in [0, 0.1) is 6.92 Å². The molecule has 1 fully saturated rings. The van der Waals surface area contributed by atoms with Crippen LogP contribution in [0.3, 0.4) is 0 Å². The van der Waals surface area contributed by atoms with E-state index >= 15 is 0 Å². The molecule has 12 heteroatoms. The minimum atomic E-state index is -4.82. The molecule has 0 saturated heterocycles. The van der Waals surface area contributed by atoms with E-state index < -0.39 is 34.3 Å². The zero-order valence-corrected chi connectivity index (χ0v) is 15.2. The molecule has 1 aliphatic heterocycles. The third-order valence-electron chi connectivity index (χ3n) is 5.28. The Balaban J connectivity index is 1.83. The lowest BCUT2D eigenvalue weighted by molar-refractivity contribution is -0.159. The van der Waals surface area contributed by atoms with E-state index in [1.165, 1.54) is 10.8 Å². The minimum absolute atomic E-state index is 0.0959. The highest BCUT2D eigenvalue weighted by Crippen LogP contribution is 2.39. The molecular weight excluding hydrogens is 399 g/mol.